The molecule has 2 N–H and O–H groups in total. The highest BCUT2D eigenvalue weighted by atomic mass is 16.6. The van der Waals surface area contributed by atoms with Crippen molar-refractivity contribution in [2.75, 3.05) is 13.1 Å². The van der Waals surface area contributed by atoms with E-state index in [1.54, 1.807) is 6.07 Å². The molecule has 2 amide bonds. The highest BCUT2D eigenvalue weighted by Gasteiger charge is 2.22. The van der Waals surface area contributed by atoms with Crippen molar-refractivity contribution in [2.24, 2.45) is 0 Å². The molecule has 4 rings (SSSR count). The van der Waals surface area contributed by atoms with Crippen LogP contribution in [0.5, 0.6) is 0 Å². The summed E-state index contributed by atoms with van der Waals surface area (Å²) < 4.78 is 4.98. The SMILES string of the molecule is O=C(NCCNC(=O)C(c1ccccc1)c1ccccc1)c1nc(-c2cccc([N+](=O)[O-])c2)no1. The Balaban J connectivity index is 1.34. The van der Waals surface area contributed by atoms with Crippen LogP contribution in [-0.4, -0.2) is 40.0 Å². The summed E-state index contributed by atoms with van der Waals surface area (Å²) in [6.07, 6.45) is 0. The van der Waals surface area contributed by atoms with E-state index in [1.165, 1.54) is 18.2 Å². The number of carbonyl (C=O) groups is 2. The Morgan fingerprint density at radius 2 is 1.51 bits per heavy atom. The molecule has 0 bridgehead atoms. The Kier molecular flexibility index (Phi) is 7.22. The van der Waals surface area contributed by atoms with Gasteiger partial charge in [0.25, 0.3) is 5.69 Å². The summed E-state index contributed by atoms with van der Waals surface area (Å²) in [5, 5.41) is 20.1. The molecule has 35 heavy (non-hydrogen) atoms. The van der Waals surface area contributed by atoms with Gasteiger partial charge in [-0.25, -0.2) is 0 Å². The molecule has 1 heterocycles. The van der Waals surface area contributed by atoms with Gasteiger partial charge in [0.15, 0.2) is 0 Å². The van der Waals surface area contributed by atoms with Crippen molar-refractivity contribution in [1.82, 2.24) is 20.8 Å². The molecule has 0 aliphatic rings. The standard InChI is InChI=1S/C25H21N5O5/c31-23(21(17-8-3-1-4-9-17)18-10-5-2-6-11-18)26-14-15-27-24(32)25-28-22(29-35-25)19-12-7-13-20(16-19)30(33)34/h1-13,16,21H,14-15H2,(H,26,31)(H,27,32). The van der Waals surface area contributed by atoms with Crippen LogP contribution in [-0.2, 0) is 4.79 Å². The normalized spacial score (nSPS) is 10.7. The lowest BCUT2D eigenvalue weighted by atomic mass is 9.90. The van der Waals surface area contributed by atoms with Gasteiger partial charge in [-0.2, -0.15) is 4.98 Å². The molecule has 0 aliphatic carbocycles. The highest BCUT2D eigenvalue weighted by molar-refractivity contribution is 5.90. The fourth-order valence-corrected chi connectivity index (χ4v) is 3.52. The summed E-state index contributed by atoms with van der Waals surface area (Å²) in [5.41, 5.74) is 1.94. The monoisotopic (exact) mass is 471 g/mol. The first-order valence-electron chi connectivity index (χ1n) is 10.8. The van der Waals surface area contributed by atoms with Gasteiger partial charge in [-0.3, -0.25) is 19.7 Å². The molecule has 0 aliphatic heterocycles. The van der Waals surface area contributed by atoms with Gasteiger partial charge in [0.05, 0.1) is 10.8 Å². The van der Waals surface area contributed by atoms with Crippen LogP contribution in [0.2, 0.25) is 0 Å². The van der Waals surface area contributed by atoms with Crippen LogP contribution in [0.3, 0.4) is 0 Å². The van der Waals surface area contributed by atoms with Crippen molar-refractivity contribution < 1.29 is 19.0 Å². The van der Waals surface area contributed by atoms with Crippen molar-refractivity contribution in [3.63, 3.8) is 0 Å². The number of nitrogens with one attached hydrogen (secondary N) is 2. The molecule has 0 unspecified atom stereocenters. The maximum atomic E-state index is 13.0. The predicted octanol–water partition coefficient (Wildman–Crippen LogP) is 3.32. The zero-order valence-corrected chi connectivity index (χ0v) is 18.5. The Hall–Kier alpha value is -4.86. The molecule has 4 aromatic rings. The van der Waals surface area contributed by atoms with E-state index in [4.69, 9.17) is 4.52 Å². The number of rotatable bonds is 9. The molecule has 0 fully saturated rings. The van der Waals surface area contributed by atoms with Crippen LogP contribution < -0.4 is 10.6 Å². The fourth-order valence-electron chi connectivity index (χ4n) is 3.52. The van der Waals surface area contributed by atoms with Crippen LogP contribution in [0, 0.1) is 10.1 Å². The number of carbonyl (C=O) groups excluding carboxylic acids is 2. The number of aromatic nitrogens is 2. The summed E-state index contributed by atoms with van der Waals surface area (Å²) in [4.78, 5) is 39.7. The van der Waals surface area contributed by atoms with E-state index in [1.807, 2.05) is 60.7 Å². The second kappa shape index (κ2) is 10.8. The number of amides is 2. The molecule has 176 valence electrons. The Morgan fingerprint density at radius 3 is 2.14 bits per heavy atom. The first-order chi connectivity index (χ1) is 17.0. The zero-order valence-electron chi connectivity index (χ0n) is 18.5. The molecule has 0 radical (unpaired) electrons. The van der Waals surface area contributed by atoms with Crippen molar-refractivity contribution >= 4 is 17.5 Å². The number of nitro benzene ring substituents is 1. The zero-order chi connectivity index (χ0) is 24.6. The maximum absolute atomic E-state index is 13.0. The van der Waals surface area contributed by atoms with Gasteiger partial charge in [-0.05, 0) is 11.1 Å². The van der Waals surface area contributed by atoms with Crippen LogP contribution >= 0.6 is 0 Å². The minimum absolute atomic E-state index is 0.0562. The number of benzene rings is 3. The van der Waals surface area contributed by atoms with Gasteiger partial charge in [-0.1, -0.05) is 78.0 Å². The van der Waals surface area contributed by atoms with Gasteiger partial charge in [0, 0.05) is 30.8 Å². The Morgan fingerprint density at radius 1 is 0.886 bits per heavy atom. The van der Waals surface area contributed by atoms with Crippen LogP contribution in [0.15, 0.2) is 89.5 Å². The minimum Gasteiger partial charge on any atom is -0.354 e. The molecular weight excluding hydrogens is 450 g/mol. The molecule has 3 aromatic carbocycles. The quantitative estimate of drug-likeness (QED) is 0.217. The van der Waals surface area contributed by atoms with E-state index in [0.29, 0.717) is 5.56 Å². The molecule has 0 saturated heterocycles. The number of non-ortho nitro benzene ring substituents is 1. The third kappa shape index (κ3) is 5.74. The molecule has 0 saturated carbocycles. The summed E-state index contributed by atoms with van der Waals surface area (Å²) in [6, 6.07) is 24.6. The summed E-state index contributed by atoms with van der Waals surface area (Å²) in [6.45, 7) is 0.321. The number of hydrogen-bond donors (Lipinski definition) is 2. The van der Waals surface area contributed by atoms with E-state index >= 15 is 0 Å². The number of nitrogens with zero attached hydrogens (tertiary/aromatic N) is 3. The van der Waals surface area contributed by atoms with Gasteiger partial charge in [0.2, 0.25) is 11.7 Å². The molecule has 10 nitrogen and oxygen atoms in total. The first-order valence-corrected chi connectivity index (χ1v) is 10.8. The molecule has 10 heteroatoms. The predicted molar refractivity (Wildman–Crippen MR) is 126 cm³/mol. The van der Waals surface area contributed by atoms with E-state index in [-0.39, 0.29) is 36.4 Å². The maximum Gasteiger partial charge on any atom is 0.316 e. The highest BCUT2D eigenvalue weighted by Crippen LogP contribution is 2.24. The van der Waals surface area contributed by atoms with Crippen LogP contribution in [0.1, 0.15) is 27.7 Å². The lowest BCUT2D eigenvalue weighted by Gasteiger charge is -2.18. The van der Waals surface area contributed by atoms with Gasteiger partial charge in [-0.15, -0.1) is 0 Å². The second-order valence-corrected chi connectivity index (χ2v) is 7.53. The summed E-state index contributed by atoms with van der Waals surface area (Å²) in [7, 11) is 0. The van der Waals surface area contributed by atoms with Crippen molar-refractivity contribution in [2.45, 2.75) is 5.92 Å². The fraction of sp³-hybridized carbons (Fsp3) is 0.120. The molecular formula is C25H21N5O5. The average molecular weight is 471 g/mol. The van der Waals surface area contributed by atoms with Crippen molar-refractivity contribution in [3.05, 3.63) is 112 Å². The second-order valence-electron chi connectivity index (χ2n) is 7.53. The third-order valence-electron chi connectivity index (χ3n) is 5.17. The summed E-state index contributed by atoms with van der Waals surface area (Å²) in [5.74, 6) is -1.53. The van der Waals surface area contributed by atoms with E-state index in [2.05, 4.69) is 20.8 Å². The van der Waals surface area contributed by atoms with E-state index in [9.17, 15) is 19.7 Å². The average Bonchev–Trinajstić information content (AvgIpc) is 3.39. The first kappa shape index (κ1) is 23.3. The van der Waals surface area contributed by atoms with Crippen molar-refractivity contribution in [3.8, 4) is 11.4 Å². The molecule has 1 aromatic heterocycles. The lowest BCUT2D eigenvalue weighted by Crippen LogP contribution is -2.37. The lowest BCUT2D eigenvalue weighted by molar-refractivity contribution is -0.384. The smallest absolute Gasteiger partial charge is 0.316 e. The van der Waals surface area contributed by atoms with Gasteiger partial charge < -0.3 is 15.2 Å². The molecule has 0 atom stereocenters. The molecule has 0 spiro atoms. The number of hydrogen-bond acceptors (Lipinski definition) is 7. The topological polar surface area (TPSA) is 140 Å². The van der Waals surface area contributed by atoms with E-state index < -0.39 is 16.7 Å². The van der Waals surface area contributed by atoms with Gasteiger partial charge in [0.1, 0.15) is 0 Å². The Labute approximate surface area is 200 Å². The van der Waals surface area contributed by atoms with Gasteiger partial charge >= 0.3 is 11.8 Å². The van der Waals surface area contributed by atoms with E-state index in [0.717, 1.165) is 11.1 Å². The van der Waals surface area contributed by atoms with Crippen LogP contribution in [0.25, 0.3) is 11.4 Å². The Bertz CT molecular complexity index is 1280. The number of nitro groups is 1. The minimum atomic E-state index is -0.619. The third-order valence-corrected chi connectivity index (χ3v) is 5.17. The summed E-state index contributed by atoms with van der Waals surface area (Å²) >= 11 is 0. The van der Waals surface area contributed by atoms with Crippen molar-refractivity contribution in [1.29, 1.82) is 0 Å². The van der Waals surface area contributed by atoms with Crippen LogP contribution in [0.4, 0.5) is 5.69 Å². The largest absolute Gasteiger partial charge is 0.354 e.